The number of anilines is 1. The van der Waals surface area contributed by atoms with Crippen LogP contribution in [-0.4, -0.2) is 24.3 Å². The maximum Gasteiger partial charge on any atom is 0.411 e. The lowest BCUT2D eigenvalue weighted by Gasteiger charge is -2.24. The molecule has 1 atom stereocenters. The number of amides is 1. The van der Waals surface area contributed by atoms with Gasteiger partial charge >= 0.3 is 12.1 Å². The zero-order chi connectivity index (χ0) is 25.4. The molecule has 0 heterocycles. The summed E-state index contributed by atoms with van der Waals surface area (Å²) < 4.78 is 11.4. The molecule has 1 unspecified atom stereocenters. The Morgan fingerprint density at radius 2 is 1.53 bits per heavy atom. The zero-order valence-corrected chi connectivity index (χ0v) is 21.3. The Bertz CT molecular complexity index is 1260. The van der Waals surface area contributed by atoms with Gasteiger partial charge in [0.1, 0.15) is 12.2 Å². The molecule has 3 aromatic rings. The molecule has 1 saturated carbocycles. The van der Waals surface area contributed by atoms with Crippen molar-refractivity contribution in [1.29, 1.82) is 0 Å². The van der Waals surface area contributed by atoms with Gasteiger partial charge in [-0.25, -0.2) is 4.79 Å². The van der Waals surface area contributed by atoms with Crippen LogP contribution in [0.5, 0.6) is 0 Å². The van der Waals surface area contributed by atoms with Crippen LogP contribution in [0, 0.1) is 0 Å². The molecule has 1 amide bonds. The molecule has 0 aliphatic heterocycles. The van der Waals surface area contributed by atoms with Crippen LogP contribution in [0.2, 0.25) is 0 Å². The first kappa shape index (κ1) is 24.1. The van der Waals surface area contributed by atoms with Gasteiger partial charge in [-0.1, -0.05) is 60.7 Å². The average molecular weight is 484 g/mol. The standard InChI is InChI=1S/C31H33NO4/c1-19(29(33)36-31(2,3)4)21-14-9-15-27(28(21)20-16-17-20)32-30(34)35-18-26-24-12-7-5-10-22(24)23-11-6-8-13-25(23)26/h5-15,19-20,26H,16-18H2,1-4H3,(H,32,34). The fourth-order valence-electron chi connectivity index (χ4n) is 5.16. The third kappa shape index (κ3) is 4.88. The Kier molecular flexibility index (Phi) is 6.33. The van der Waals surface area contributed by atoms with Crippen molar-refractivity contribution in [3.05, 3.63) is 89.0 Å². The summed E-state index contributed by atoms with van der Waals surface area (Å²) in [5.41, 5.74) is 6.83. The Hall–Kier alpha value is -3.60. The first-order valence-electron chi connectivity index (χ1n) is 12.7. The number of nitrogens with one attached hydrogen (secondary N) is 1. The van der Waals surface area contributed by atoms with Crippen molar-refractivity contribution in [2.24, 2.45) is 0 Å². The molecule has 0 bridgehead atoms. The summed E-state index contributed by atoms with van der Waals surface area (Å²) in [6.45, 7) is 7.73. The quantitative estimate of drug-likeness (QED) is 0.372. The van der Waals surface area contributed by atoms with E-state index in [2.05, 4.69) is 29.6 Å². The van der Waals surface area contributed by atoms with Crippen LogP contribution in [0.25, 0.3) is 11.1 Å². The number of fused-ring (bicyclic) bond motifs is 3. The highest BCUT2D eigenvalue weighted by Gasteiger charge is 2.34. The predicted molar refractivity (Wildman–Crippen MR) is 141 cm³/mol. The monoisotopic (exact) mass is 483 g/mol. The Morgan fingerprint density at radius 3 is 2.11 bits per heavy atom. The average Bonchev–Trinajstić information content (AvgIpc) is 3.63. The topological polar surface area (TPSA) is 64.6 Å². The van der Waals surface area contributed by atoms with Gasteiger partial charge in [0.05, 0.1) is 5.92 Å². The van der Waals surface area contributed by atoms with Crippen LogP contribution in [-0.2, 0) is 14.3 Å². The van der Waals surface area contributed by atoms with Gasteiger partial charge < -0.3 is 9.47 Å². The van der Waals surface area contributed by atoms with Crippen LogP contribution in [0.15, 0.2) is 66.7 Å². The molecule has 5 rings (SSSR count). The second-order valence-corrected chi connectivity index (χ2v) is 10.8. The molecule has 2 aliphatic carbocycles. The molecule has 36 heavy (non-hydrogen) atoms. The molecule has 0 spiro atoms. The number of rotatable bonds is 6. The van der Waals surface area contributed by atoms with Gasteiger partial charge in [0.25, 0.3) is 0 Å². The lowest BCUT2D eigenvalue weighted by atomic mass is 9.91. The molecule has 1 N–H and O–H groups in total. The molecule has 5 heteroatoms. The molecule has 186 valence electrons. The Balaban J connectivity index is 1.33. The maximum atomic E-state index is 13.0. The van der Waals surface area contributed by atoms with E-state index in [4.69, 9.17) is 9.47 Å². The first-order valence-corrected chi connectivity index (χ1v) is 12.7. The van der Waals surface area contributed by atoms with Gasteiger partial charge in [0.15, 0.2) is 0 Å². The third-order valence-electron chi connectivity index (χ3n) is 6.93. The maximum absolute atomic E-state index is 13.0. The number of carbonyl (C=O) groups is 2. The summed E-state index contributed by atoms with van der Waals surface area (Å²) in [6.07, 6.45) is 1.59. The summed E-state index contributed by atoms with van der Waals surface area (Å²) in [6, 6.07) is 22.3. The molecule has 3 aromatic carbocycles. The second-order valence-electron chi connectivity index (χ2n) is 10.8. The van der Waals surface area contributed by atoms with Gasteiger partial charge in [-0.2, -0.15) is 0 Å². The number of hydrogen-bond acceptors (Lipinski definition) is 4. The van der Waals surface area contributed by atoms with Crippen molar-refractivity contribution in [2.75, 3.05) is 11.9 Å². The van der Waals surface area contributed by atoms with Crippen molar-refractivity contribution in [3.8, 4) is 11.1 Å². The molecule has 2 aliphatic rings. The highest BCUT2D eigenvalue weighted by atomic mass is 16.6. The Morgan fingerprint density at radius 1 is 0.917 bits per heavy atom. The largest absolute Gasteiger partial charge is 0.460 e. The zero-order valence-electron chi connectivity index (χ0n) is 21.3. The fraction of sp³-hybridized carbons (Fsp3) is 0.355. The van der Waals surface area contributed by atoms with Crippen LogP contribution < -0.4 is 5.32 Å². The van der Waals surface area contributed by atoms with Crippen LogP contribution >= 0.6 is 0 Å². The number of ether oxygens (including phenoxy) is 2. The van der Waals surface area contributed by atoms with Crippen molar-refractivity contribution in [3.63, 3.8) is 0 Å². The van der Waals surface area contributed by atoms with Crippen molar-refractivity contribution >= 4 is 17.7 Å². The molecule has 1 fully saturated rings. The normalized spacial score (nSPS) is 15.6. The van der Waals surface area contributed by atoms with Crippen molar-refractivity contribution in [1.82, 2.24) is 0 Å². The van der Waals surface area contributed by atoms with Gasteiger partial charge in [-0.3, -0.25) is 10.1 Å². The van der Waals surface area contributed by atoms with E-state index < -0.39 is 17.6 Å². The molecule has 5 nitrogen and oxygen atoms in total. The van der Waals surface area contributed by atoms with E-state index >= 15 is 0 Å². The van der Waals surface area contributed by atoms with Crippen molar-refractivity contribution < 1.29 is 19.1 Å². The van der Waals surface area contributed by atoms with Gasteiger partial charge in [0, 0.05) is 11.6 Å². The van der Waals surface area contributed by atoms with Crippen LogP contribution in [0.3, 0.4) is 0 Å². The van der Waals surface area contributed by atoms with E-state index in [0.717, 1.165) is 24.0 Å². The number of esters is 1. The smallest absolute Gasteiger partial charge is 0.411 e. The highest BCUT2D eigenvalue weighted by molar-refractivity contribution is 5.88. The van der Waals surface area contributed by atoms with E-state index in [-0.39, 0.29) is 18.5 Å². The lowest BCUT2D eigenvalue weighted by molar-refractivity contribution is -0.156. The number of carbonyl (C=O) groups excluding carboxylic acids is 2. The summed E-state index contributed by atoms with van der Waals surface area (Å²) in [5, 5.41) is 2.97. The van der Waals surface area contributed by atoms with E-state index in [1.165, 1.54) is 22.3 Å². The van der Waals surface area contributed by atoms with Crippen LogP contribution in [0.1, 0.15) is 80.5 Å². The molecule has 0 radical (unpaired) electrons. The molecular formula is C31H33NO4. The lowest BCUT2D eigenvalue weighted by Crippen LogP contribution is -2.27. The minimum Gasteiger partial charge on any atom is -0.460 e. The minimum atomic E-state index is -0.553. The summed E-state index contributed by atoms with van der Waals surface area (Å²) >= 11 is 0. The van der Waals surface area contributed by atoms with Gasteiger partial charge in [0.2, 0.25) is 0 Å². The highest BCUT2D eigenvalue weighted by Crippen LogP contribution is 2.47. The summed E-state index contributed by atoms with van der Waals surface area (Å²) in [7, 11) is 0. The molecule has 0 saturated heterocycles. The summed E-state index contributed by atoms with van der Waals surface area (Å²) in [5.74, 6) is -0.355. The van der Waals surface area contributed by atoms with Crippen LogP contribution in [0.4, 0.5) is 10.5 Å². The molecular weight excluding hydrogens is 450 g/mol. The predicted octanol–water partition coefficient (Wildman–Crippen LogP) is 7.37. The third-order valence-corrected chi connectivity index (χ3v) is 6.93. The first-order chi connectivity index (χ1) is 17.2. The van der Waals surface area contributed by atoms with E-state index in [9.17, 15) is 9.59 Å². The van der Waals surface area contributed by atoms with Crippen molar-refractivity contribution in [2.45, 2.75) is 63.9 Å². The van der Waals surface area contributed by atoms with E-state index in [1.54, 1.807) is 0 Å². The second kappa shape index (κ2) is 9.45. The number of hydrogen-bond donors (Lipinski definition) is 1. The summed E-state index contributed by atoms with van der Waals surface area (Å²) in [4.78, 5) is 25.8. The van der Waals surface area contributed by atoms with E-state index in [1.807, 2.05) is 70.2 Å². The minimum absolute atomic E-state index is 0.00424. The van der Waals surface area contributed by atoms with E-state index in [0.29, 0.717) is 11.6 Å². The Labute approximate surface area is 212 Å². The van der Waals surface area contributed by atoms with Gasteiger partial charge in [-0.15, -0.1) is 0 Å². The molecule has 0 aromatic heterocycles. The number of benzene rings is 3. The SMILES string of the molecule is CC(C(=O)OC(C)(C)C)c1cccc(NC(=O)OCC2c3ccccc3-c3ccccc32)c1C1CC1. The van der Waals surface area contributed by atoms with Gasteiger partial charge in [-0.05, 0) is 85.9 Å². The fourth-order valence-corrected chi connectivity index (χ4v) is 5.16.